The van der Waals surface area contributed by atoms with Crippen molar-refractivity contribution in [3.05, 3.63) is 0 Å². The van der Waals surface area contributed by atoms with Crippen molar-refractivity contribution < 1.29 is 0 Å². The summed E-state index contributed by atoms with van der Waals surface area (Å²) < 4.78 is 0. The van der Waals surface area contributed by atoms with E-state index in [-0.39, 0.29) is 0 Å². The average molecular weight is 155 g/mol. The molecule has 1 saturated carbocycles. The molecule has 2 atom stereocenters. The predicted octanol–water partition coefficient (Wildman–Crippen LogP) is 2.41. The molecule has 2 unspecified atom stereocenters. The summed E-state index contributed by atoms with van der Waals surface area (Å²) in [6, 6.07) is 0. The van der Waals surface area contributed by atoms with Gasteiger partial charge < -0.3 is 5.73 Å². The zero-order valence-electron chi connectivity index (χ0n) is 8.06. The summed E-state index contributed by atoms with van der Waals surface area (Å²) >= 11 is 0. The van der Waals surface area contributed by atoms with Crippen LogP contribution in [0.15, 0.2) is 0 Å². The van der Waals surface area contributed by atoms with E-state index in [1.807, 2.05) is 0 Å². The Bertz CT molecular complexity index is 129. The topological polar surface area (TPSA) is 26.0 Å². The lowest BCUT2D eigenvalue weighted by molar-refractivity contribution is -0.0257. The van der Waals surface area contributed by atoms with Crippen LogP contribution in [0.1, 0.15) is 40.0 Å². The Morgan fingerprint density at radius 2 is 2.00 bits per heavy atom. The van der Waals surface area contributed by atoms with Crippen LogP contribution >= 0.6 is 0 Å². The van der Waals surface area contributed by atoms with E-state index in [0.717, 1.165) is 18.4 Å². The molecule has 2 N–H and O–H groups in total. The zero-order chi connectivity index (χ0) is 8.48. The fraction of sp³-hybridized carbons (Fsp3) is 1.00. The molecule has 0 heterocycles. The van der Waals surface area contributed by atoms with Crippen molar-refractivity contribution in [1.29, 1.82) is 0 Å². The summed E-state index contributed by atoms with van der Waals surface area (Å²) in [6.07, 6.45) is 3.98. The summed E-state index contributed by atoms with van der Waals surface area (Å²) in [5, 5.41) is 0. The van der Waals surface area contributed by atoms with Crippen molar-refractivity contribution in [3.8, 4) is 0 Å². The molecule has 0 aliphatic heterocycles. The third-order valence-corrected chi connectivity index (χ3v) is 3.68. The quantitative estimate of drug-likeness (QED) is 0.665. The molecule has 1 rings (SSSR count). The van der Waals surface area contributed by atoms with E-state index in [1.54, 1.807) is 0 Å². The van der Waals surface area contributed by atoms with Gasteiger partial charge in [-0.15, -0.1) is 0 Å². The maximum Gasteiger partial charge on any atom is -0.00744 e. The molecule has 0 aromatic rings. The van der Waals surface area contributed by atoms with E-state index in [2.05, 4.69) is 20.8 Å². The second kappa shape index (κ2) is 3.14. The number of hydrogen-bond acceptors (Lipinski definition) is 1. The fourth-order valence-electron chi connectivity index (χ4n) is 2.51. The molecule has 1 fully saturated rings. The van der Waals surface area contributed by atoms with Crippen LogP contribution in [0.2, 0.25) is 0 Å². The van der Waals surface area contributed by atoms with Gasteiger partial charge >= 0.3 is 0 Å². The fourth-order valence-corrected chi connectivity index (χ4v) is 2.51. The largest absolute Gasteiger partial charge is 0.330 e. The standard InChI is InChI=1S/C10H21N/c1-4-8-7-9(5-6-11)10(8,2)3/h8-9H,4-7,11H2,1-3H3. The van der Waals surface area contributed by atoms with Gasteiger partial charge in [-0.25, -0.2) is 0 Å². The van der Waals surface area contributed by atoms with E-state index < -0.39 is 0 Å². The van der Waals surface area contributed by atoms with E-state index in [1.165, 1.54) is 19.3 Å². The zero-order valence-corrected chi connectivity index (χ0v) is 8.06. The van der Waals surface area contributed by atoms with Crippen molar-refractivity contribution in [2.75, 3.05) is 6.54 Å². The first kappa shape index (κ1) is 9.05. The van der Waals surface area contributed by atoms with Crippen molar-refractivity contribution in [3.63, 3.8) is 0 Å². The smallest absolute Gasteiger partial charge is 0.00744 e. The monoisotopic (exact) mass is 155 g/mol. The summed E-state index contributed by atoms with van der Waals surface area (Å²) in [6.45, 7) is 7.95. The van der Waals surface area contributed by atoms with Crippen LogP contribution in [0.5, 0.6) is 0 Å². The molecule has 0 amide bonds. The van der Waals surface area contributed by atoms with Gasteiger partial charge in [-0.05, 0) is 36.6 Å². The lowest BCUT2D eigenvalue weighted by Gasteiger charge is -2.52. The molecule has 0 aromatic heterocycles. The Labute approximate surface area is 70.4 Å². The minimum Gasteiger partial charge on any atom is -0.330 e. The van der Waals surface area contributed by atoms with Gasteiger partial charge in [0.05, 0.1) is 0 Å². The minimum absolute atomic E-state index is 0.578. The first-order chi connectivity index (χ1) is 5.12. The van der Waals surface area contributed by atoms with Gasteiger partial charge in [0.15, 0.2) is 0 Å². The van der Waals surface area contributed by atoms with Gasteiger partial charge in [-0.2, -0.15) is 0 Å². The van der Waals surface area contributed by atoms with Gasteiger partial charge in [-0.1, -0.05) is 27.2 Å². The molecular formula is C10H21N. The summed E-state index contributed by atoms with van der Waals surface area (Å²) in [7, 11) is 0. The Balaban J connectivity index is 2.40. The van der Waals surface area contributed by atoms with Crippen LogP contribution in [0.4, 0.5) is 0 Å². The molecule has 1 aliphatic carbocycles. The van der Waals surface area contributed by atoms with Crippen molar-refractivity contribution >= 4 is 0 Å². The Morgan fingerprint density at radius 1 is 1.36 bits per heavy atom. The Hall–Kier alpha value is -0.0400. The molecule has 0 bridgehead atoms. The normalized spacial score (nSPS) is 34.9. The van der Waals surface area contributed by atoms with Crippen LogP contribution in [-0.2, 0) is 0 Å². The van der Waals surface area contributed by atoms with Gasteiger partial charge in [0, 0.05) is 0 Å². The molecule has 11 heavy (non-hydrogen) atoms. The molecule has 1 aliphatic rings. The number of nitrogens with two attached hydrogens (primary N) is 1. The van der Waals surface area contributed by atoms with Crippen LogP contribution in [0.3, 0.4) is 0 Å². The molecule has 0 spiro atoms. The molecule has 1 nitrogen and oxygen atoms in total. The van der Waals surface area contributed by atoms with Gasteiger partial charge in [0.1, 0.15) is 0 Å². The second-order valence-corrected chi connectivity index (χ2v) is 4.44. The summed E-state index contributed by atoms with van der Waals surface area (Å²) in [5.41, 5.74) is 6.12. The number of hydrogen-bond donors (Lipinski definition) is 1. The van der Waals surface area contributed by atoms with Crippen LogP contribution in [0, 0.1) is 17.3 Å². The maximum atomic E-state index is 5.55. The summed E-state index contributed by atoms with van der Waals surface area (Å²) in [4.78, 5) is 0. The van der Waals surface area contributed by atoms with E-state index in [9.17, 15) is 0 Å². The van der Waals surface area contributed by atoms with Crippen LogP contribution in [-0.4, -0.2) is 6.54 Å². The minimum atomic E-state index is 0.578. The van der Waals surface area contributed by atoms with E-state index in [4.69, 9.17) is 5.73 Å². The Kier molecular flexibility index (Phi) is 2.58. The van der Waals surface area contributed by atoms with Crippen molar-refractivity contribution in [1.82, 2.24) is 0 Å². The molecule has 0 radical (unpaired) electrons. The van der Waals surface area contributed by atoms with Crippen LogP contribution in [0.25, 0.3) is 0 Å². The number of rotatable bonds is 3. The third-order valence-electron chi connectivity index (χ3n) is 3.68. The average Bonchev–Trinajstić information content (AvgIpc) is 1.97. The SMILES string of the molecule is CCC1CC(CCN)C1(C)C. The lowest BCUT2D eigenvalue weighted by atomic mass is 9.53. The van der Waals surface area contributed by atoms with Crippen LogP contribution < -0.4 is 5.73 Å². The van der Waals surface area contributed by atoms with Gasteiger partial charge in [-0.3, -0.25) is 0 Å². The van der Waals surface area contributed by atoms with Crippen molar-refractivity contribution in [2.24, 2.45) is 23.0 Å². The van der Waals surface area contributed by atoms with Gasteiger partial charge in [0.25, 0.3) is 0 Å². The lowest BCUT2D eigenvalue weighted by Crippen LogP contribution is -2.45. The predicted molar refractivity (Wildman–Crippen MR) is 49.3 cm³/mol. The molecule has 1 heteroatoms. The van der Waals surface area contributed by atoms with E-state index in [0.29, 0.717) is 5.41 Å². The van der Waals surface area contributed by atoms with E-state index >= 15 is 0 Å². The highest BCUT2D eigenvalue weighted by molar-refractivity contribution is 4.95. The first-order valence-electron chi connectivity index (χ1n) is 4.83. The van der Waals surface area contributed by atoms with Gasteiger partial charge in [0.2, 0.25) is 0 Å². The highest BCUT2D eigenvalue weighted by Gasteiger charge is 2.45. The second-order valence-electron chi connectivity index (χ2n) is 4.44. The third kappa shape index (κ3) is 1.44. The Morgan fingerprint density at radius 3 is 2.36 bits per heavy atom. The molecular weight excluding hydrogens is 134 g/mol. The molecule has 0 saturated heterocycles. The molecule has 66 valence electrons. The summed E-state index contributed by atoms with van der Waals surface area (Å²) in [5.74, 6) is 1.86. The van der Waals surface area contributed by atoms with Crippen molar-refractivity contribution in [2.45, 2.75) is 40.0 Å². The highest BCUT2D eigenvalue weighted by atomic mass is 14.6. The maximum absolute atomic E-state index is 5.55. The first-order valence-corrected chi connectivity index (χ1v) is 4.83. The highest BCUT2D eigenvalue weighted by Crippen LogP contribution is 2.53. The molecule has 0 aromatic carbocycles.